The first-order chi connectivity index (χ1) is 18.2. The number of carbonyl (C=O) groups excluding carboxylic acids is 1. The molecule has 2 heterocycles. The fourth-order valence-electron chi connectivity index (χ4n) is 5.19. The highest BCUT2D eigenvalue weighted by Gasteiger charge is 2.15. The van der Waals surface area contributed by atoms with E-state index in [2.05, 4.69) is 46.5 Å². The number of aromatic nitrogens is 2. The summed E-state index contributed by atoms with van der Waals surface area (Å²) < 4.78 is 5.66. The molecule has 5 heteroatoms. The van der Waals surface area contributed by atoms with Gasteiger partial charge in [-0.2, -0.15) is 0 Å². The number of unbranched alkanes of at least 4 members (excludes halogenated alkanes) is 4. The standard InChI is InChI=1S/C32H41N3O2/c1-2-3-4-8-16-29(28-15-11-21-33-23-28)26-17-19-27(20-18-26)32-35-30(24-37-32)31(36)34-22-10-9-14-25-12-6-5-7-13-25/h11,15-21,23-25H,2-10,12-14,22H2,1H3,(H,34,36). The Morgan fingerprint density at radius 1 is 1.03 bits per heavy atom. The van der Waals surface area contributed by atoms with Crippen LogP contribution in [0.2, 0.25) is 0 Å². The fraction of sp³-hybridized carbons (Fsp3) is 0.469. The zero-order valence-electron chi connectivity index (χ0n) is 22.3. The zero-order valence-corrected chi connectivity index (χ0v) is 22.3. The lowest BCUT2D eigenvalue weighted by Crippen LogP contribution is -2.24. The van der Waals surface area contributed by atoms with Gasteiger partial charge in [-0.05, 0) is 54.5 Å². The first kappa shape index (κ1) is 26.8. The van der Waals surface area contributed by atoms with Crippen molar-refractivity contribution >= 4 is 11.5 Å². The van der Waals surface area contributed by atoms with Crippen LogP contribution in [0.3, 0.4) is 0 Å². The molecule has 1 amide bonds. The van der Waals surface area contributed by atoms with Crippen molar-refractivity contribution in [2.24, 2.45) is 5.92 Å². The average molecular weight is 500 g/mol. The van der Waals surface area contributed by atoms with Crippen molar-refractivity contribution in [2.45, 2.75) is 84.0 Å². The molecule has 1 saturated carbocycles. The molecule has 3 aromatic rings. The number of hydrogen-bond acceptors (Lipinski definition) is 4. The van der Waals surface area contributed by atoms with Gasteiger partial charge in [0.15, 0.2) is 5.69 Å². The van der Waals surface area contributed by atoms with Crippen molar-refractivity contribution in [3.05, 3.63) is 78.0 Å². The number of benzene rings is 1. The Bertz CT molecular complexity index is 1110. The van der Waals surface area contributed by atoms with Crippen molar-refractivity contribution in [1.82, 2.24) is 15.3 Å². The largest absolute Gasteiger partial charge is 0.444 e. The number of oxazole rings is 1. The second-order valence-electron chi connectivity index (χ2n) is 10.2. The molecular weight excluding hydrogens is 458 g/mol. The number of nitrogens with one attached hydrogen (secondary N) is 1. The van der Waals surface area contributed by atoms with E-state index in [0.717, 1.165) is 35.4 Å². The van der Waals surface area contributed by atoms with Gasteiger partial charge < -0.3 is 9.73 Å². The molecule has 0 radical (unpaired) electrons. The molecule has 1 aliphatic carbocycles. The summed E-state index contributed by atoms with van der Waals surface area (Å²) in [6, 6.07) is 12.3. The van der Waals surface area contributed by atoms with E-state index >= 15 is 0 Å². The summed E-state index contributed by atoms with van der Waals surface area (Å²) in [5.41, 5.74) is 4.61. The van der Waals surface area contributed by atoms with Crippen molar-refractivity contribution in [1.29, 1.82) is 0 Å². The van der Waals surface area contributed by atoms with Crippen LogP contribution < -0.4 is 5.32 Å². The van der Waals surface area contributed by atoms with Crippen LogP contribution in [0, 0.1) is 5.92 Å². The summed E-state index contributed by atoms with van der Waals surface area (Å²) in [7, 11) is 0. The molecule has 5 nitrogen and oxygen atoms in total. The second-order valence-corrected chi connectivity index (χ2v) is 10.2. The maximum atomic E-state index is 12.6. The van der Waals surface area contributed by atoms with Crippen molar-refractivity contribution in [3.63, 3.8) is 0 Å². The summed E-state index contributed by atoms with van der Waals surface area (Å²) in [5.74, 6) is 1.19. The van der Waals surface area contributed by atoms with Gasteiger partial charge in [0.2, 0.25) is 5.89 Å². The number of pyridine rings is 1. The summed E-state index contributed by atoms with van der Waals surface area (Å²) in [4.78, 5) is 21.3. The van der Waals surface area contributed by atoms with Crippen LogP contribution in [0.5, 0.6) is 0 Å². The lowest BCUT2D eigenvalue weighted by Gasteiger charge is -2.21. The Morgan fingerprint density at radius 2 is 1.86 bits per heavy atom. The zero-order chi connectivity index (χ0) is 25.7. The highest BCUT2D eigenvalue weighted by atomic mass is 16.3. The van der Waals surface area contributed by atoms with E-state index in [4.69, 9.17) is 4.42 Å². The Hall–Kier alpha value is -3.21. The SMILES string of the molecule is CCCCCC=C(c1ccc(-c2nc(C(=O)NCCCCC3CCCCC3)co2)cc1)c1cccnc1. The molecule has 1 fully saturated rings. The highest BCUT2D eigenvalue weighted by molar-refractivity contribution is 5.92. The molecule has 0 spiro atoms. The highest BCUT2D eigenvalue weighted by Crippen LogP contribution is 2.28. The Labute approximate surface area is 221 Å². The summed E-state index contributed by atoms with van der Waals surface area (Å²) in [6.45, 7) is 2.91. The number of amides is 1. The molecular formula is C32H41N3O2. The van der Waals surface area contributed by atoms with Crippen molar-refractivity contribution < 1.29 is 9.21 Å². The average Bonchev–Trinajstić information content (AvgIpc) is 3.45. The van der Waals surface area contributed by atoms with Crippen molar-refractivity contribution in [2.75, 3.05) is 6.54 Å². The molecule has 1 N–H and O–H groups in total. The maximum absolute atomic E-state index is 12.6. The molecule has 0 unspecified atom stereocenters. The van der Waals surface area contributed by atoms with E-state index in [9.17, 15) is 4.79 Å². The number of hydrogen-bond donors (Lipinski definition) is 1. The number of nitrogens with zero attached hydrogens (tertiary/aromatic N) is 2. The lowest BCUT2D eigenvalue weighted by atomic mass is 9.86. The first-order valence-corrected chi connectivity index (χ1v) is 14.2. The second kappa shape index (κ2) is 14.5. The van der Waals surface area contributed by atoms with Gasteiger partial charge in [-0.25, -0.2) is 4.98 Å². The third-order valence-corrected chi connectivity index (χ3v) is 7.36. The number of rotatable bonds is 13. The predicted molar refractivity (Wildman–Crippen MR) is 150 cm³/mol. The van der Waals surface area contributed by atoms with E-state index in [0.29, 0.717) is 18.1 Å². The number of allylic oxidation sites excluding steroid dienone is 1. The van der Waals surface area contributed by atoms with Crippen LogP contribution in [0.4, 0.5) is 0 Å². The van der Waals surface area contributed by atoms with Gasteiger partial charge in [-0.3, -0.25) is 9.78 Å². The molecule has 1 aromatic carbocycles. The van der Waals surface area contributed by atoms with Gasteiger partial charge >= 0.3 is 0 Å². The van der Waals surface area contributed by atoms with Gasteiger partial charge in [0.05, 0.1) is 0 Å². The number of carbonyl (C=O) groups is 1. The van der Waals surface area contributed by atoms with E-state index in [1.807, 2.05) is 24.4 Å². The maximum Gasteiger partial charge on any atom is 0.273 e. The molecule has 0 atom stereocenters. The van der Waals surface area contributed by atoms with Crippen LogP contribution >= 0.6 is 0 Å². The van der Waals surface area contributed by atoms with Crippen LogP contribution in [0.15, 0.2) is 65.5 Å². The third-order valence-electron chi connectivity index (χ3n) is 7.36. The summed E-state index contributed by atoms with van der Waals surface area (Å²) >= 11 is 0. The quantitative estimate of drug-likeness (QED) is 0.241. The van der Waals surface area contributed by atoms with Gasteiger partial charge in [0, 0.05) is 30.1 Å². The summed E-state index contributed by atoms with van der Waals surface area (Å²) in [6.07, 6.45) is 22.6. The molecule has 2 aromatic heterocycles. The Balaban J connectivity index is 1.32. The fourth-order valence-corrected chi connectivity index (χ4v) is 5.19. The molecule has 0 bridgehead atoms. The van der Waals surface area contributed by atoms with Gasteiger partial charge in [0.25, 0.3) is 5.91 Å². The minimum Gasteiger partial charge on any atom is -0.444 e. The van der Waals surface area contributed by atoms with Gasteiger partial charge in [-0.1, -0.05) is 89.0 Å². The van der Waals surface area contributed by atoms with E-state index in [1.54, 1.807) is 6.20 Å². The molecule has 0 aliphatic heterocycles. The molecule has 0 saturated heterocycles. The molecule has 4 rings (SSSR count). The predicted octanol–water partition coefficient (Wildman–Crippen LogP) is 8.23. The van der Waals surface area contributed by atoms with Gasteiger partial charge in [-0.15, -0.1) is 0 Å². The van der Waals surface area contributed by atoms with Crippen LogP contribution in [0.1, 0.15) is 106 Å². The Kier molecular flexibility index (Phi) is 10.5. The topological polar surface area (TPSA) is 68.0 Å². The smallest absolute Gasteiger partial charge is 0.273 e. The lowest BCUT2D eigenvalue weighted by molar-refractivity contribution is 0.0947. The first-order valence-electron chi connectivity index (χ1n) is 14.2. The molecule has 1 aliphatic rings. The van der Waals surface area contributed by atoms with E-state index in [-0.39, 0.29) is 5.91 Å². The van der Waals surface area contributed by atoms with Crippen molar-refractivity contribution in [3.8, 4) is 11.5 Å². The van der Waals surface area contributed by atoms with Gasteiger partial charge in [0.1, 0.15) is 6.26 Å². The summed E-state index contributed by atoms with van der Waals surface area (Å²) in [5, 5.41) is 3.00. The molecule has 196 valence electrons. The van der Waals surface area contributed by atoms with Crippen LogP contribution in [-0.2, 0) is 0 Å². The van der Waals surface area contributed by atoms with Crippen LogP contribution in [0.25, 0.3) is 17.0 Å². The Morgan fingerprint density at radius 3 is 2.62 bits per heavy atom. The third kappa shape index (κ3) is 8.14. The van der Waals surface area contributed by atoms with Crippen LogP contribution in [-0.4, -0.2) is 22.4 Å². The minimum atomic E-state index is -0.168. The minimum absolute atomic E-state index is 0.168. The van der Waals surface area contributed by atoms with E-state index < -0.39 is 0 Å². The normalized spacial score (nSPS) is 14.6. The monoisotopic (exact) mass is 499 g/mol. The molecule has 37 heavy (non-hydrogen) atoms. The van der Waals surface area contributed by atoms with E-state index in [1.165, 1.54) is 76.0 Å².